The third kappa shape index (κ3) is 3.97. The minimum Gasteiger partial charge on any atom is -0.457 e. The molecular weight excluding hydrogens is 374 g/mol. The van der Waals surface area contributed by atoms with Gasteiger partial charge in [0.25, 0.3) is 0 Å². The van der Waals surface area contributed by atoms with Gasteiger partial charge in [0, 0.05) is 27.7 Å². The van der Waals surface area contributed by atoms with Crippen molar-refractivity contribution < 1.29 is 13.9 Å². The number of furan rings is 1. The topological polar surface area (TPSA) is 52.3 Å². The molecule has 0 radical (unpaired) electrons. The number of ether oxygens (including phenoxy) is 1. The molecule has 0 saturated heterocycles. The van der Waals surface area contributed by atoms with E-state index < -0.39 is 5.97 Å². The van der Waals surface area contributed by atoms with Gasteiger partial charge in [-0.1, -0.05) is 29.8 Å². The predicted octanol–water partition coefficient (Wildman–Crippen LogP) is 6.08. The quantitative estimate of drug-likeness (QED) is 0.241. The van der Waals surface area contributed by atoms with Gasteiger partial charge in [0.15, 0.2) is 5.75 Å². The van der Waals surface area contributed by atoms with E-state index in [1.54, 1.807) is 30.3 Å². The Balaban J connectivity index is 1.49. The molecule has 28 heavy (non-hydrogen) atoms. The van der Waals surface area contributed by atoms with Crippen LogP contribution in [0.1, 0.15) is 11.5 Å². The Hall–Kier alpha value is -3.37. The summed E-state index contributed by atoms with van der Waals surface area (Å²) in [6, 6.07) is 20.3. The van der Waals surface area contributed by atoms with E-state index in [1.165, 1.54) is 6.08 Å². The molecule has 2 heterocycles. The molecule has 4 rings (SSSR count). The van der Waals surface area contributed by atoms with Gasteiger partial charge in [-0.15, -0.1) is 0 Å². The van der Waals surface area contributed by atoms with Gasteiger partial charge in [0.2, 0.25) is 0 Å². The predicted molar refractivity (Wildman–Crippen MR) is 110 cm³/mol. The molecule has 0 saturated carbocycles. The molecule has 0 aliphatic rings. The minimum absolute atomic E-state index is 0.428. The van der Waals surface area contributed by atoms with Crippen molar-refractivity contribution in [2.24, 2.45) is 0 Å². The lowest BCUT2D eigenvalue weighted by Gasteiger charge is -2.05. The molecule has 0 aliphatic carbocycles. The molecule has 138 valence electrons. The van der Waals surface area contributed by atoms with Crippen LogP contribution in [0.25, 0.3) is 28.3 Å². The summed E-state index contributed by atoms with van der Waals surface area (Å²) in [5.41, 5.74) is 2.42. The molecule has 5 heteroatoms. The Labute approximate surface area is 167 Å². The molecule has 0 spiro atoms. The van der Waals surface area contributed by atoms with Gasteiger partial charge in [0.1, 0.15) is 17.0 Å². The number of hydrogen-bond donors (Lipinski definition) is 0. The molecule has 0 atom stereocenters. The second kappa shape index (κ2) is 7.71. The van der Waals surface area contributed by atoms with Crippen LogP contribution in [-0.2, 0) is 4.79 Å². The van der Waals surface area contributed by atoms with E-state index in [2.05, 4.69) is 4.98 Å². The fourth-order valence-corrected chi connectivity index (χ4v) is 2.93. The molecule has 0 aliphatic heterocycles. The lowest BCUT2D eigenvalue weighted by Crippen LogP contribution is -2.04. The molecule has 0 unspecified atom stereocenters. The third-order valence-corrected chi connectivity index (χ3v) is 4.42. The number of carbonyl (C=O) groups is 1. The standard InChI is InChI=1S/C23H16ClNO3/c1-15-5-6-17-3-2-4-21(23(17)25-15)28-22(26)14-12-19-11-13-20(27-19)16-7-9-18(24)10-8-16/h2-14H,1H3. The average molecular weight is 390 g/mol. The number of hydrogen-bond acceptors (Lipinski definition) is 4. The lowest BCUT2D eigenvalue weighted by atomic mass is 10.2. The average Bonchev–Trinajstić information content (AvgIpc) is 3.16. The maximum Gasteiger partial charge on any atom is 0.336 e. The van der Waals surface area contributed by atoms with Crippen molar-refractivity contribution >= 4 is 34.5 Å². The highest BCUT2D eigenvalue weighted by Gasteiger charge is 2.08. The monoisotopic (exact) mass is 389 g/mol. The number of aromatic nitrogens is 1. The molecule has 0 bridgehead atoms. The van der Waals surface area contributed by atoms with Crippen molar-refractivity contribution in [2.75, 3.05) is 0 Å². The van der Waals surface area contributed by atoms with Gasteiger partial charge in [-0.3, -0.25) is 0 Å². The number of para-hydroxylation sites is 1. The van der Waals surface area contributed by atoms with Crippen LogP contribution in [0.4, 0.5) is 0 Å². The first-order valence-electron chi connectivity index (χ1n) is 8.70. The Morgan fingerprint density at radius 3 is 2.68 bits per heavy atom. The summed E-state index contributed by atoms with van der Waals surface area (Å²) in [4.78, 5) is 16.7. The van der Waals surface area contributed by atoms with Crippen LogP contribution >= 0.6 is 11.6 Å². The Kier molecular flexibility index (Phi) is 4.96. The molecule has 0 fully saturated rings. The van der Waals surface area contributed by atoms with Gasteiger partial charge in [-0.05, 0) is 61.5 Å². The highest BCUT2D eigenvalue weighted by molar-refractivity contribution is 6.30. The summed E-state index contributed by atoms with van der Waals surface area (Å²) in [6.07, 6.45) is 2.91. The van der Waals surface area contributed by atoms with Gasteiger partial charge in [-0.2, -0.15) is 0 Å². The number of nitrogens with zero attached hydrogens (tertiary/aromatic N) is 1. The van der Waals surface area contributed by atoms with Crippen LogP contribution in [0.5, 0.6) is 5.75 Å². The van der Waals surface area contributed by atoms with Gasteiger partial charge in [0.05, 0.1) is 0 Å². The van der Waals surface area contributed by atoms with E-state index in [-0.39, 0.29) is 0 Å². The zero-order valence-electron chi connectivity index (χ0n) is 15.1. The lowest BCUT2D eigenvalue weighted by molar-refractivity contribution is -0.128. The smallest absolute Gasteiger partial charge is 0.336 e. The zero-order chi connectivity index (χ0) is 19.5. The number of aryl methyl sites for hydroxylation is 1. The Bertz CT molecular complexity index is 1180. The molecule has 4 aromatic rings. The highest BCUT2D eigenvalue weighted by Crippen LogP contribution is 2.26. The zero-order valence-corrected chi connectivity index (χ0v) is 15.8. The van der Waals surface area contributed by atoms with E-state index in [9.17, 15) is 4.79 Å². The first-order chi connectivity index (χ1) is 13.6. The summed E-state index contributed by atoms with van der Waals surface area (Å²) in [6.45, 7) is 1.90. The fourth-order valence-electron chi connectivity index (χ4n) is 2.80. The Morgan fingerprint density at radius 2 is 1.86 bits per heavy atom. The molecule has 2 aromatic heterocycles. The molecule has 2 aromatic carbocycles. The van der Waals surface area contributed by atoms with E-state index >= 15 is 0 Å². The number of carbonyl (C=O) groups excluding carboxylic acids is 1. The number of pyridine rings is 1. The van der Waals surface area contributed by atoms with Crippen molar-refractivity contribution in [1.29, 1.82) is 0 Å². The number of halogens is 1. The van der Waals surface area contributed by atoms with E-state index in [1.807, 2.05) is 49.4 Å². The van der Waals surface area contributed by atoms with Gasteiger partial charge in [-0.25, -0.2) is 9.78 Å². The maximum absolute atomic E-state index is 12.2. The molecular formula is C23H16ClNO3. The molecule has 0 amide bonds. The van der Waals surface area contributed by atoms with Crippen LogP contribution in [0.2, 0.25) is 5.02 Å². The first-order valence-corrected chi connectivity index (χ1v) is 9.08. The van der Waals surface area contributed by atoms with Crippen molar-refractivity contribution in [1.82, 2.24) is 4.98 Å². The van der Waals surface area contributed by atoms with Gasteiger partial charge < -0.3 is 9.15 Å². The van der Waals surface area contributed by atoms with Crippen LogP contribution in [-0.4, -0.2) is 11.0 Å². The van der Waals surface area contributed by atoms with Crippen molar-refractivity contribution in [3.63, 3.8) is 0 Å². The van der Waals surface area contributed by atoms with Crippen LogP contribution in [0.3, 0.4) is 0 Å². The van der Waals surface area contributed by atoms with Crippen molar-refractivity contribution in [3.8, 4) is 17.1 Å². The summed E-state index contributed by atoms with van der Waals surface area (Å²) >= 11 is 5.90. The number of esters is 1. The summed E-state index contributed by atoms with van der Waals surface area (Å²) in [7, 11) is 0. The maximum atomic E-state index is 12.2. The molecule has 4 nitrogen and oxygen atoms in total. The summed E-state index contributed by atoms with van der Waals surface area (Å²) < 4.78 is 11.2. The molecule has 0 N–H and O–H groups in total. The second-order valence-electron chi connectivity index (χ2n) is 6.24. The Morgan fingerprint density at radius 1 is 1.04 bits per heavy atom. The first kappa shape index (κ1) is 18.0. The van der Waals surface area contributed by atoms with E-state index in [0.29, 0.717) is 27.8 Å². The summed E-state index contributed by atoms with van der Waals surface area (Å²) in [5, 5.41) is 1.58. The number of benzene rings is 2. The third-order valence-electron chi connectivity index (χ3n) is 4.17. The largest absolute Gasteiger partial charge is 0.457 e. The normalized spacial score (nSPS) is 11.2. The summed E-state index contributed by atoms with van der Waals surface area (Å²) in [5.74, 6) is 1.17. The van der Waals surface area contributed by atoms with E-state index in [4.69, 9.17) is 20.8 Å². The fraction of sp³-hybridized carbons (Fsp3) is 0.0435. The SMILES string of the molecule is Cc1ccc2cccc(OC(=O)C=Cc3ccc(-c4ccc(Cl)cc4)o3)c2n1. The van der Waals surface area contributed by atoms with Gasteiger partial charge >= 0.3 is 5.97 Å². The van der Waals surface area contributed by atoms with E-state index in [0.717, 1.165) is 16.6 Å². The number of fused-ring (bicyclic) bond motifs is 1. The van der Waals surface area contributed by atoms with Crippen molar-refractivity contribution in [2.45, 2.75) is 6.92 Å². The minimum atomic E-state index is -0.500. The van der Waals surface area contributed by atoms with Crippen LogP contribution in [0.15, 0.2) is 77.2 Å². The second-order valence-corrected chi connectivity index (χ2v) is 6.68. The van der Waals surface area contributed by atoms with Crippen LogP contribution < -0.4 is 4.74 Å². The number of rotatable bonds is 4. The van der Waals surface area contributed by atoms with Crippen molar-refractivity contribution in [3.05, 3.63) is 89.3 Å². The highest BCUT2D eigenvalue weighted by atomic mass is 35.5. The van der Waals surface area contributed by atoms with Crippen LogP contribution in [0, 0.1) is 6.92 Å².